The lowest BCUT2D eigenvalue weighted by atomic mass is 9.85. The maximum Gasteiger partial charge on any atom is 0.255 e. The van der Waals surface area contributed by atoms with Crippen molar-refractivity contribution < 1.29 is 18.4 Å². The molecule has 170 valence electrons. The first-order valence-corrected chi connectivity index (χ1v) is 10.5. The van der Waals surface area contributed by atoms with Crippen molar-refractivity contribution in [3.05, 3.63) is 93.8 Å². The van der Waals surface area contributed by atoms with Gasteiger partial charge < -0.3 is 10.3 Å². The lowest BCUT2D eigenvalue weighted by Gasteiger charge is -2.16. The summed E-state index contributed by atoms with van der Waals surface area (Å²) in [5.74, 6) is -3.90. The molecule has 0 saturated heterocycles. The highest BCUT2D eigenvalue weighted by molar-refractivity contribution is 6.31. The van der Waals surface area contributed by atoms with Gasteiger partial charge in [-0.1, -0.05) is 23.7 Å². The second-order valence-electron chi connectivity index (χ2n) is 8.14. The summed E-state index contributed by atoms with van der Waals surface area (Å²) in [5, 5.41) is 12.3. The first kappa shape index (κ1) is 23.1. The van der Waals surface area contributed by atoms with Crippen LogP contribution in [0.5, 0.6) is 0 Å². The molecular formula is C25H17ClF2N4O2. The standard InChI is InChI=1S/C25H17ClF2N4O2/c1-25(2,12-29)14-5-3-4-13(8-14)24(34)32-19-7-6-18(27)20(21(19)28)22(33)17-11-31-23-16(17)9-15(26)10-30-23/h3-11H,1-2H3,(H,30,31)(H,32,34). The van der Waals surface area contributed by atoms with Crippen LogP contribution in [0.1, 0.15) is 45.7 Å². The highest BCUT2D eigenvalue weighted by Crippen LogP contribution is 2.29. The second-order valence-corrected chi connectivity index (χ2v) is 8.57. The van der Waals surface area contributed by atoms with E-state index in [0.717, 1.165) is 12.1 Å². The van der Waals surface area contributed by atoms with Gasteiger partial charge in [-0.25, -0.2) is 13.8 Å². The molecule has 2 aromatic carbocycles. The maximum absolute atomic E-state index is 15.3. The number of rotatable bonds is 5. The van der Waals surface area contributed by atoms with Gasteiger partial charge in [0.1, 0.15) is 11.5 Å². The molecule has 2 aromatic heterocycles. The number of nitrogens with zero attached hydrogens (tertiary/aromatic N) is 2. The molecule has 0 atom stereocenters. The molecule has 0 radical (unpaired) electrons. The minimum Gasteiger partial charge on any atom is -0.345 e. The van der Waals surface area contributed by atoms with Crippen LogP contribution in [0.25, 0.3) is 11.0 Å². The van der Waals surface area contributed by atoms with Gasteiger partial charge in [0.15, 0.2) is 5.82 Å². The number of halogens is 3. The van der Waals surface area contributed by atoms with E-state index in [2.05, 4.69) is 21.4 Å². The van der Waals surface area contributed by atoms with Crippen molar-refractivity contribution in [3.8, 4) is 6.07 Å². The number of aromatic amines is 1. The highest BCUT2D eigenvalue weighted by Gasteiger charge is 2.26. The van der Waals surface area contributed by atoms with Gasteiger partial charge in [0.2, 0.25) is 5.78 Å². The fraction of sp³-hybridized carbons (Fsp3) is 0.120. The van der Waals surface area contributed by atoms with Crippen molar-refractivity contribution in [2.75, 3.05) is 5.32 Å². The van der Waals surface area contributed by atoms with Crippen molar-refractivity contribution in [1.29, 1.82) is 5.26 Å². The molecule has 9 heteroatoms. The fourth-order valence-corrected chi connectivity index (χ4v) is 3.62. The summed E-state index contributed by atoms with van der Waals surface area (Å²) in [5.41, 5.74) is -0.933. The van der Waals surface area contributed by atoms with Gasteiger partial charge >= 0.3 is 0 Å². The van der Waals surface area contributed by atoms with Crippen LogP contribution >= 0.6 is 11.6 Å². The van der Waals surface area contributed by atoms with E-state index in [4.69, 9.17) is 11.6 Å². The number of amides is 1. The first-order chi connectivity index (χ1) is 16.1. The van der Waals surface area contributed by atoms with Gasteiger partial charge in [-0.15, -0.1) is 0 Å². The van der Waals surface area contributed by atoms with Gasteiger partial charge in [-0.3, -0.25) is 9.59 Å². The molecule has 4 aromatic rings. The Morgan fingerprint density at radius 3 is 2.68 bits per heavy atom. The van der Waals surface area contributed by atoms with Crippen LogP contribution in [0, 0.1) is 23.0 Å². The van der Waals surface area contributed by atoms with Crippen LogP contribution < -0.4 is 5.32 Å². The van der Waals surface area contributed by atoms with E-state index in [0.29, 0.717) is 16.6 Å². The third-order valence-corrected chi connectivity index (χ3v) is 5.64. The zero-order chi connectivity index (χ0) is 24.6. The van der Waals surface area contributed by atoms with Crippen LogP contribution in [0.2, 0.25) is 5.02 Å². The summed E-state index contributed by atoms with van der Waals surface area (Å²) in [6.45, 7) is 3.41. The van der Waals surface area contributed by atoms with E-state index >= 15 is 4.39 Å². The number of anilines is 1. The van der Waals surface area contributed by atoms with Crippen LogP contribution in [0.4, 0.5) is 14.5 Å². The van der Waals surface area contributed by atoms with E-state index < -0.39 is 34.3 Å². The molecule has 2 N–H and O–H groups in total. The van der Waals surface area contributed by atoms with Crippen LogP contribution in [0.15, 0.2) is 54.9 Å². The van der Waals surface area contributed by atoms with Crippen molar-refractivity contribution in [1.82, 2.24) is 9.97 Å². The normalized spacial score (nSPS) is 11.3. The molecule has 0 spiro atoms. The summed E-state index contributed by atoms with van der Waals surface area (Å²) in [6, 6.07) is 11.9. The highest BCUT2D eigenvalue weighted by atomic mass is 35.5. The number of ketones is 1. The van der Waals surface area contributed by atoms with Gasteiger partial charge in [-0.05, 0) is 49.7 Å². The molecule has 1 amide bonds. The lowest BCUT2D eigenvalue weighted by molar-refractivity contribution is 0.101. The van der Waals surface area contributed by atoms with Crippen molar-refractivity contribution in [3.63, 3.8) is 0 Å². The van der Waals surface area contributed by atoms with Gasteiger partial charge in [0.05, 0.1) is 27.8 Å². The summed E-state index contributed by atoms with van der Waals surface area (Å²) in [6.07, 6.45) is 2.67. The molecule has 2 heterocycles. The SMILES string of the molecule is CC(C)(C#N)c1cccc(C(=O)Nc2ccc(F)c(C(=O)c3c[nH]c4ncc(Cl)cc34)c2F)c1. The van der Waals surface area contributed by atoms with E-state index in [9.17, 15) is 19.2 Å². The van der Waals surface area contributed by atoms with Gasteiger partial charge in [0, 0.05) is 28.9 Å². The van der Waals surface area contributed by atoms with E-state index in [1.807, 2.05) is 0 Å². The zero-order valence-electron chi connectivity index (χ0n) is 18.0. The lowest BCUT2D eigenvalue weighted by Crippen LogP contribution is -2.18. The number of nitrogens with one attached hydrogen (secondary N) is 2. The number of H-pyrrole nitrogens is 1. The van der Waals surface area contributed by atoms with Gasteiger partial charge in [-0.2, -0.15) is 5.26 Å². The first-order valence-electron chi connectivity index (χ1n) is 10.1. The molecule has 0 saturated carbocycles. The minimum atomic E-state index is -1.21. The predicted octanol–water partition coefficient (Wildman–Crippen LogP) is 5.78. The monoisotopic (exact) mass is 478 g/mol. The molecule has 34 heavy (non-hydrogen) atoms. The Kier molecular flexibility index (Phi) is 5.90. The van der Waals surface area contributed by atoms with Crippen LogP contribution in [0.3, 0.4) is 0 Å². The van der Waals surface area contributed by atoms with Crippen molar-refractivity contribution in [2.24, 2.45) is 0 Å². The topological polar surface area (TPSA) is 98.6 Å². The zero-order valence-corrected chi connectivity index (χ0v) is 18.8. The summed E-state index contributed by atoms with van der Waals surface area (Å²) >= 11 is 5.95. The second kappa shape index (κ2) is 8.69. The molecule has 0 aliphatic carbocycles. The van der Waals surface area contributed by atoms with E-state index in [-0.39, 0.29) is 21.8 Å². The van der Waals surface area contributed by atoms with Crippen LogP contribution in [-0.2, 0) is 5.41 Å². The van der Waals surface area contributed by atoms with Crippen molar-refractivity contribution in [2.45, 2.75) is 19.3 Å². The summed E-state index contributed by atoms with van der Waals surface area (Å²) in [4.78, 5) is 32.6. The van der Waals surface area contributed by atoms with Crippen LogP contribution in [-0.4, -0.2) is 21.7 Å². The Labute approximate surface area is 198 Å². The number of carbonyl (C=O) groups is 2. The quantitative estimate of drug-likeness (QED) is 0.355. The van der Waals surface area contributed by atoms with Gasteiger partial charge in [0.25, 0.3) is 5.91 Å². The number of hydrogen-bond donors (Lipinski definition) is 2. The third-order valence-electron chi connectivity index (χ3n) is 5.43. The molecule has 0 unspecified atom stereocenters. The minimum absolute atomic E-state index is 0.0160. The molecule has 0 aliphatic heterocycles. The Balaban J connectivity index is 1.69. The number of benzene rings is 2. The Morgan fingerprint density at radius 1 is 1.18 bits per heavy atom. The maximum atomic E-state index is 15.3. The molecule has 0 fully saturated rings. The number of carbonyl (C=O) groups excluding carboxylic acids is 2. The third kappa shape index (κ3) is 4.14. The predicted molar refractivity (Wildman–Crippen MR) is 124 cm³/mol. The summed E-state index contributed by atoms with van der Waals surface area (Å²) in [7, 11) is 0. The molecule has 0 bridgehead atoms. The molecule has 4 rings (SSSR count). The number of nitriles is 1. The van der Waals surface area contributed by atoms with Crippen molar-refractivity contribution >= 4 is 40.0 Å². The number of aromatic nitrogens is 2. The fourth-order valence-electron chi connectivity index (χ4n) is 3.47. The van der Waals surface area contributed by atoms with E-state index in [1.165, 1.54) is 30.6 Å². The number of fused-ring (bicyclic) bond motifs is 1. The Bertz CT molecular complexity index is 1500. The molecular weight excluding hydrogens is 462 g/mol. The molecule has 6 nitrogen and oxygen atoms in total. The molecule has 0 aliphatic rings. The number of pyridine rings is 1. The average molecular weight is 479 g/mol. The number of hydrogen-bond acceptors (Lipinski definition) is 4. The average Bonchev–Trinajstić information content (AvgIpc) is 3.24. The Hall–Kier alpha value is -4.09. The van der Waals surface area contributed by atoms with E-state index in [1.54, 1.807) is 26.0 Å². The largest absolute Gasteiger partial charge is 0.345 e. The summed E-state index contributed by atoms with van der Waals surface area (Å²) < 4.78 is 29.9. The smallest absolute Gasteiger partial charge is 0.255 e. The Morgan fingerprint density at radius 2 is 1.94 bits per heavy atom.